The molecule has 3 nitrogen and oxygen atoms in total. The van der Waals surface area contributed by atoms with E-state index in [4.69, 9.17) is 22.3 Å². The summed E-state index contributed by atoms with van der Waals surface area (Å²) in [4.78, 5) is 0. The molecule has 1 rings (SSSR count). The Labute approximate surface area is 114 Å². The van der Waals surface area contributed by atoms with Crippen molar-refractivity contribution in [3.63, 3.8) is 0 Å². The van der Waals surface area contributed by atoms with Crippen LogP contribution in [0, 0.1) is 24.7 Å². The van der Waals surface area contributed by atoms with Crippen molar-refractivity contribution >= 4 is 0 Å². The third-order valence-corrected chi connectivity index (χ3v) is 2.52. The first-order valence-corrected chi connectivity index (χ1v) is 6.07. The van der Waals surface area contributed by atoms with E-state index in [9.17, 15) is 5.11 Å². The first-order valence-electron chi connectivity index (χ1n) is 6.07. The molecular formula is C16H18O3. The smallest absolute Gasteiger partial charge is 0.147 e. The number of terminal acetylenes is 2. The molecule has 3 heteroatoms. The fraction of sp³-hybridized carbons (Fsp3) is 0.375. The molecule has 0 aromatic heterocycles. The van der Waals surface area contributed by atoms with Crippen LogP contribution in [0.25, 0.3) is 0 Å². The molecule has 0 aliphatic rings. The van der Waals surface area contributed by atoms with E-state index in [0.29, 0.717) is 19.4 Å². The number of aliphatic hydroxyl groups excluding tert-OH is 1. The van der Waals surface area contributed by atoms with Gasteiger partial charge in [-0.05, 0) is 5.56 Å². The van der Waals surface area contributed by atoms with E-state index in [-0.39, 0.29) is 12.9 Å². The van der Waals surface area contributed by atoms with Crippen molar-refractivity contribution in [3.05, 3.63) is 35.9 Å². The first-order chi connectivity index (χ1) is 9.26. The van der Waals surface area contributed by atoms with Gasteiger partial charge in [-0.3, -0.25) is 0 Å². The van der Waals surface area contributed by atoms with Gasteiger partial charge in [0.2, 0.25) is 0 Å². The molecule has 0 radical (unpaired) electrons. The second-order valence-corrected chi connectivity index (χ2v) is 4.07. The maximum Gasteiger partial charge on any atom is 0.147 e. The highest BCUT2D eigenvalue weighted by molar-refractivity contribution is 5.13. The van der Waals surface area contributed by atoms with Crippen LogP contribution in [0.2, 0.25) is 0 Å². The molecule has 0 saturated heterocycles. The highest BCUT2D eigenvalue weighted by atomic mass is 16.7. The fourth-order valence-corrected chi connectivity index (χ4v) is 1.54. The van der Waals surface area contributed by atoms with Gasteiger partial charge in [-0.15, -0.1) is 18.8 Å². The van der Waals surface area contributed by atoms with Crippen molar-refractivity contribution in [1.29, 1.82) is 0 Å². The van der Waals surface area contributed by atoms with E-state index < -0.39 is 6.10 Å². The van der Waals surface area contributed by atoms with Crippen LogP contribution in [-0.4, -0.2) is 24.1 Å². The molecule has 2 atom stereocenters. The highest BCUT2D eigenvalue weighted by Gasteiger charge is 2.12. The van der Waals surface area contributed by atoms with Crippen LogP contribution in [0.3, 0.4) is 0 Å². The normalized spacial score (nSPS) is 13.2. The van der Waals surface area contributed by atoms with Crippen LogP contribution in [-0.2, 0) is 16.1 Å². The SMILES string of the molecule is C#CC[C@H](C[C@H](O)C#C)OCOCc1ccccc1. The molecular weight excluding hydrogens is 240 g/mol. The third kappa shape index (κ3) is 6.64. The van der Waals surface area contributed by atoms with Gasteiger partial charge in [0.15, 0.2) is 0 Å². The molecule has 0 bridgehead atoms. The van der Waals surface area contributed by atoms with E-state index in [0.717, 1.165) is 5.56 Å². The molecule has 1 aromatic rings. The third-order valence-electron chi connectivity index (χ3n) is 2.52. The molecule has 0 saturated carbocycles. The number of ether oxygens (including phenoxy) is 2. The molecule has 1 N–H and O–H groups in total. The molecule has 0 fully saturated rings. The van der Waals surface area contributed by atoms with Gasteiger partial charge in [0.25, 0.3) is 0 Å². The van der Waals surface area contributed by atoms with E-state index >= 15 is 0 Å². The van der Waals surface area contributed by atoms with Gasteiger partial charge in [-0.2, -0.15) is 0 Å². The number of aliphatic hydroxyl groups is 1. The molecule has 0 aliphatic heterocycles. The first kappa shape index (κ1) is 15.3. The average molecular weight is 258 g/mol. The van der Waals surface area contributed by atoms with Crippen molar-refractivity contribution in [1.82, 2.24) is 0 Å². The zero-order chi connectivity index (χ0) is 13.9. The van der Waals surface area contributed by atoms with Gasteiger partial charge in [-0.1, -0.05) is 36.3 Å². The van der Waals surface area contributed by atoms with Gasteiger partial charge in [0, 0.05) is 12.8 Å². The lowest BCUT2D eigenvalue weighted by Crippen LogP contribution is -2.21. The Kier molecular flexibility index (Phi) is 7.39. The van der Waals surface area contributed by atoms with Crippen molar-refractivity contribution in [2.45, 2.75) is 31.7 Å². The summed E-state index contributed by atoms with van der Waals surface area (Å²) in [6.45, 7) is 0.597. The van der Waals surface area contributed by atoms with Gasteiger partial charge in [0.05, 0.1) is 12.7 Å². The summed E-state index contributed by atoms with van der Waals surface area (Å²) in [6, 6.07) is 9.79. The summed E-state index contributed by atoms with van der Waals surface area (Å²) in [5.74, 6) is 4.73. The summed E-state index contributed by atoms with van der Waals surface area (Å²) in [6.07, 6.45) is 9.93. The minimum Gasteiger partial charge on any atom is -0.380 e. The molecule has 100 valence electrons. The second kappa shape index (κ2) is 9.19. The summed E-state index contributed by atoms with van der Waals surface area (Å²) < 4.78 is 10.8. The number of hydrogen-bond donors (Lipinski definition) is 1. The van der Waals surface area contributed by atoms with Gasteiger partial charge in [-0.25, -0.2) is 0 Å². The van der Waals surface area contributed by atoms with E-state index in [2.05, 4.69) is 11.8 Å². The Bertz CT molecular complexity index is 428. The standard InChI is InChI=1S/C16H18O3/c1-3-8-16(11-15(17)4-2)19-13-18-12-14-9-6-5-7-10-14/h1-2,5-7,9-10,15-17H,8,11-13H2/t15-,16-/m1/s1. The number of rotatable bonds is 8. The molecule has 0 amide bonds. The van der Waals surface area contributed by atoms with E-state index in [1.807, 2.05) is 30.3 Å². The zero-order valence-electron chi connectivity index (χ0n) is 10.8. The van der Waals surface area contributed by atoms with E-state index in [1.165, 1.54) is 0 Å². The lowest BCUT2D eigenvalue weighted by molar-refractivity contribution is -0.101. The number of hydrogen-bond acceptors (Lipinski definition) is 3. The van der Waals surface area contributed by atoms with Crippen LogP contribution >= 0.6 is 0 Å². The predicted molar refractivity (Wildman–Crippen MR) is 73.9 cm³/mol. The fourth-order valence-electron chi connectivity index (χ4n) is 1.54. The maximum absolute atomic E-state index is 9.36. The summed E-state index contributed by atoms with van der Waals surface area (Å²) in [5.41, 5.74) is 1.07. The van der Waals surface area contributed by atoms with Gasteiger partial charge >= 0.3 is 0 Å². The van der Waals surface area contributed by atoms with Gasteiger partial charge in [0.1, 0.15) is 12.9 Å². The Hall–Kier alpha value is -1.78. The molecule has 0 aliphatic carbocycles. The second-order valence-electron chi connectivity index (χ2n) is 4.07. The summed E-state index contributed by atoms with van der Waals surface area (Å²) in [5, 5.41) is 9.36. The molecule has 0 spiro atoms. The highest BCUT2D eigenvalue weighted by Crippen LogP contribution is 2.08. The Balaban J connectivity index is 2.25. The lowest BCUT2D eigenvalue weighted by atomic mass is 10.1. The Morgan fingerprint density at radius 2 is 1.95 bits per heavy atom. The van der Waals surface area contributed by atoms with E-state index in [1.54, 1.807) is 0 Å². The molecule has 0 unspecified atom stereocenters. The zero-order valence-corrected chi connectivity index (χ0v) is 10.8. The molecule has 1 aromatic carbocycles. The van der Waals surface area contributed by atoms with Gasteiger partial charge < -0.3 is 14.6 Å². The summed E-state index contributed by atoms with van der Waals surface area (Å²) >= 11 is 0. The minimum atomic E-state index is -0.840. The minimum absolute atomic E-state index is 0.124. The Morgan fingerprint density at radius 1 is 1.21 bits per heavy atom. The van der Waals surface area contributed by atoms with Crippen molar-refractivity contribution in [2.75, 3.05) is 6.79 Å². The van der Waals surface area contributed by atoms with Crippen LogP contribution in [0.5, 0.6) is 0 Å². The average Bonchev–Trinajstić information content (AvgIpc) is 2.44. The quantitative estimate of drug-likeness (QED) is 0.440. The number of benzene rings is 1. The van der Waals surface area contributed by atoms with Crippen LogP contribution in [0.4, 0.5) is 0 Å². The predicted octanol–water partition coefficient (Wildman–Crippen LogP) is 1.95. The van der Waals surface area contributed by atoms with Crippen LogP contribution in [0.1, 0.15) is 18.4 Å². The lowest BCUT2D eigenvalue weighted by Gasteiger charge is -2.16. The summed E-state index contributed by atoms with van der Waals surface area (Å²) in [7, 11) is 0. The topological polar surface area (TPSA) is 38.7 Å². The van der Waals surface area contributed by atoms with Crippen molar-refractivity contribution in [2.24, 2.45) is 0 Å². The molecule has 19 heavy (non-hydrogen) atoms. The Morgan fingerprint density at radius 3 is 2.58 bits per heavy atom. The van der Waals surface area contributed by atoms with Crippen molar-refractivity contribution < 1.29 is 14.6 Å². The van der Waals surface area contributed by atoms with Crippen LogP contribution in [0.15, 0.2) is 30.3 Å². The maximum atomic E-state index is 9.36. The largest absolute Gasteiger partial charge is 0.380 e. The molecule has 0 heterocycles. The van der Waals surface area contributed by atoms with Crippen LogP contribution < -0.4 is 0 Å². The monoisotopic (exact) mass is 258 g/mol. The van der Waals surface area contributed by atoms with Crippen molar-refractivity contribution in [3.8, 4) is 24.7 Å².